The van der Waals surface area contributed by atoms with Crippen LogP contribution in [0.15, 0.2) is 18.2 Å². The smallest absolute Gasteiger partial charge is 0.418 e. The molecule has 0 spiro atoms. The largest absolute Gasteiger partial charge is 0.481 e. The molecule has 1 N–H and O–H groups in total. The number of aromatic nitrogens is 2. The average molecular weight is 381 g/mol. The van der Waals surface area contributed by atoms with Gasteiger partial charge < -0.3 is 10.0 Å². The van der Waals surface area contributed by atoms with Gasteiger partial charge in [0.25, 0.3) is 0 Å². The fourth-order valence-electron chi connectivity index (χ4n) is 4.37. The molecule has 2 fully saturated rings. The summed E-state index contributed by atoms with van der Waals surface area (Å²) in [6.07, 6.45) is -2.00. The third kappa shape index (κ3) is 3.42. The van der Waals surface area contributed by atoms with Gasteiger partial charge in [-0.1, -0.05) is 12.1 Å². The molecule has 1 saturated heterocycles. The molecular weight excluding hydrogens is 359 g/mol. The predicted molar refractivity (Wildman–Crippen MR) is 93.4 cm³/mol. The van der Waals surface area contributed by atoms with Crippen molar-refractivity contribution in [3.8, 4) is 0 Å². The third-order valence-electron chi connectivity index (χ3n) is 5.91. The molecule has 0 radical (unpaired) electrons. The zero-order chi connectivity index (χ0) is 19.3. The lowest BCUT2D eigenvalue weighted by Gasteiger charge is -2.31. The van der Waals surface area contributed by atoms with Crippen LogP contribution in [-0.4, -0.2) is 45.4 Å². The van der Waals surface area contributed by atoms with Gasteiger partial charge in [-0.2, -0.15) is 18.3 Å². The Balaban J connectivity index is 1.49. The Morgan fingerprint density at radius 3 is 2.59 bits per heavy atom. The highest BCUT2D eigenvalue weighted by molar-refractivity contribution is 5.86. The van der Waals surface area contributed by atoms with Crippen LogP contribution in [0.3, 0.4) is 0 Å². The number of carboxylic acid groups (broad SMARTS) is 1. The first-order chi connectivity index (χ1) is 12.8. The second-order valence-electron chi connectivity index (χ2n) is 7.72. The molecule has 1 aliphatic carbocycles. The molecule has 8 heteroatoms. The van der Waals surface area contributed by atoms with Crippen LogP contribution < -0.4 is 0 Å². The van der Waals surface area contributed by atoms with E-state index in [-0.39, 0.29) is 23.3 Å². The fourth-order valence-corrected chi connectivity index (χ4v) is 4.37. The van der Waals surface area contributed by atoms with E-state index in [1.165, 1.54) is 10.7 Å². The number of hydrogen-bond donors (Lipinski definition) is 1. The number of para-hydroxylation sites is 1. The first-order valence-electron chi connectivity index (χ1n) is 9.23. The molecule has 0 bridgehead atoms. The summed E-state index contributed by atoms with van der Waals surface area (Å²) in [5.74, 6) is -0.550. The molecule has 2 heterocycles. The maximum Gasteiger partial charge on any atom is 0.418 e. The number of likely N-dealkylation sites (tertiary alicyclic amines) is 1. The summed E-state index contributed by atoms with van der Waals surface area (Å²) >= 11 is 0. The van der Waals surface area contributed by atoms with Gasteiger partial charge in [-0.05, 0) is 44.3 Å². The average Bonchev–Trinajstić information content (AvgIpc) is 3.30. The lowest BCUT2D eigenvalue weighted by molar-refractivity contribution is -0.139. The number of benzene rings is 1. The lowest BCUT2D eigenvalue weighted by atomic mass is 9.91. The van der Waals surface area contributed by atoms with E-state index in [0.29, 0.717) is 5.39 Å². The van der Waals surface area contributed by atoms with Crippen LogP contribution in [0.2, 0.25) is 0 Å². The normalized spacial score (nSPS) is 24.4. The van der Waals surface area contributed by atoms with Gasteiger partial charge in [0.1, 0.15) is 0 Å². The highest BCUT2D eigenvalue weighted by Crippen LogP contribution is 2.41. The topological polar surface area (TPSA) is 58.4 Å². The van der Waals surface area contributed by atoms with Crippen molar-refractivity contribution in [1.82, 2.24) is 14.7 Å². The van der Waals surface area contributed by atoms with Crippen molar-refractivity contribution in [2.75, 3.05) is 19.6 Å². The van der Waals surface area contributed by atoms with Crippen LogP contribution in [0.1, 0.15) is 36.4 Å². The molecule has 1 aromatic carbocycles. The quantitative estimate of drug-likeness (QED) is 0.881. The number of piperidine rings is 1. The van der Waals surface area contributed by atoms with Gasteiger partial charge in [0.15, 0.2) is 0 Å². The van der Waals surface area contributed by atoms with Crippen LogP contribution >= 0.6 is 0 Å². The molecule has 0 amide bonds. The fraction of sp³-hybridized carbons (Fsp3) is 0.579. The maximum atomic E-state index is 13.3. The summed E-state index contributed by atoms with van der Waals surface area (Å²) in [4.78, 5) is 13.2. The minimum atomic E-state index is -4.40. The first kappa shape index (κ1) is 18.3. The summed E-state index contributed by atoms with van der Waals surface area (Å²) in [7, 11) is 1.56. The zero-order valence-electron chi connectivity index (χ0n) is 15.0. The molecule has 4 rings (SSSR count). The van der Waals surface area contributed by atoms with E-state index in [1.54, 1.807) is 13.1 Å². The summed E-state index contributed by atoms with van der Waals surface area (Å²) in [5.41, 5.74) is 0.241. The standard InChI is InChI=1S/C19H22F3N3O2/c1-24-17-13(3-2-4-15(17)19(20,21)22)16(23-24)11-5-7-25(8-6-11)10-12-9-14(12)18(26)27/h2-4,11-12,14H,5-10H2,1H3,(H,26,27)/t12-,14+/m0/s1. The van der Waals surface area contributed by atoms with E-state index >= 15 is 0 Å². The number of alkyl halides is 3. The molecule has 2 atom stereocenters. The Bertz CT molecular complexity index is 869. The van der Waals surface area contributed by atoms with Crippen molar-refractivity contribution in [3.63, 3.8) is 0 Å². The second-order valence-corrected chi connectivity index (χ2v) is 7.72. The summed E-state index contributed by atoms with van der Waals surface area (Å²) in [6.45, 7) is 2.44. The molecule has 146 valence electrons. The Kier molecular flexibility index (Phi) is 4.41. The summed E-state index contributed by atoms with van der Waals surface area (Å²) in [6, 6.07) is 4.27. The monoisotopic (exact) mass is 381 g/mol. The van der Waals surface area contributed by atoms with Crippen LogP contribution in [0.25, 0.3) is 10.9 Å². The highest BCUT2D eigenvalue weighted by atomic mass is 19.4. The van der Waals surface area contributed by atoms with Gasteiger partial charge in [0.2, 0.25) is 0 Å². The summed E-state index contributed by atoms with van der Waals surface area (Å²) < 4.78 is 41.3. The lowest BCUT2D eigenvalue weighted by Crippen LogP contribution is -2.35. The van der Waals surface area contributed by atoms with Crippen molar-refractivity contribution in [2.24, 2.45) is 18.9 Å². The van der Waals surface area contributed by atoms with Crippen LogP contribution in [0.5, 0.6) is 0 Å². The number of hydrogen-bond acceptors (Lipinski definition) is 3. The molecule has 1 aliphatic heterocycles. The Hall–Kier alpha value is -2.09. The van der Waals surface area contributed by atoms with Crippen LogP contribution in [0.4, 0.5) is 13.2 Å². The van der Waals surface area contributed by atoms with E-state index in [9.17, 15) is 18.0 Å². The minimum absolute atomic E-state index is 0.128. The molecule has 0 unspecified atom stereocenters. The number of carbonyl (C=O) groups is 1. The minimum Gasteiger partial charge on any atom is -0.481 e. The summed E-state index contributed by atoms with van der Waals surface area (Å²) in [5, 5.41) is 14.0. The predicted octanol–water partition coefficient (Wildman–Crippen LogP) is 3.49. The molecule has 2 aliphatic rings. The van der Waals surface area contributed by atoms with Crippen LogP contribution in [0, 0.1) is 11.8 Å². The number of nitrogens with zero attached hydrogens (tertiary/aromatic N) is 3. The molecule has 27 heavy (non-hydrogen) atoms. The van der Waals surface area contributed by atoms with E-state index < -0.39 is 17.7 Å². The van der Waals surface area contributed by atoms with Crippen LogP contribution in [-0.2, 0) is 18.0 Å². The molecule has 1 saturated carbocycles. The van der Waals surface area contributed by atoms with Gasteiger partial charge in [-0.15, -0.1) is 0 Å². The van der Waals surface area contributed by atoms with Gasteiger partial charge in [-0.25, -0.2) is 0 Å². The van der Waals surface area contributed by atoms with Crippen molar-refractivity contribution >= 4 is 16.9 Å². The number of fused-ring (bicyclic) bond motifs is 1. The van der Waals surface area contributed by atoms with E-state index in [4.69, 9.17) is 5.11 Å². The highest BCUT2D eigenvalue weighted by Gasteiger charge is 2.44. The Morgan fingerprint density at radius 2 is 2.00 bits per heavy atom. The van der Waals surface area contributed by atoms with Gasteiger partial charge in [0, 0.05) is 24.9 Å². The third-order valence-corrected chi connectivity index (χ3v) is 5.91. The molecule has 1 aromatic heterocycles. The van der Waals surface area contributed by atoms with E-state index in [2.05, 4.69) is 10.00 Å². The number of halogens is 3. The second kappa shape index (κ2) is 6.51. The molecule has 5 nitrogen and oxygen atoms in total. The molecular formula is C19H22F3N3O2. The first-order valence-corrected chi connectivity index (χ1v) is 9.23. The zero-order valence-corrected chi connectivity index (χ0v) is 15.0. The van der Waals surface area contributed by atoms with Crippen molar-refractivity contribution < 1.29 is 23.1 Å². The van der Waals surface area contributed by atoms with E-state index in [1.807, 2.05) is 0 Å². The van der Waals surface area contributed by atoms with Gasteiger partial charge in [-0.3, -0.25) is 9.48 Å². The van der Waals surface area contributed by atoms with E-state index in [0.717, 1.165) is 50.7 Å². The number of carboxylic acids is 1. The van der Waals surface area contributed by atoms with Crippen molar-refractivity contribution in [1.29, 1.82) is 0 Å². The van der Waals surface area contributed by atoms with Gasteiger partial charge in [0.05, 0.1) is 22.7 Å². The van der Waals surface area contributed by atoms with Gasteiger partial charge >= 0.3 is 12.1 Å². The Morgan fingerprint density at radius 1 is 1.30 bits per heavy atom. The van der Waals surface area contributed by atoms with Crippen molar-refractivity contribution in [2.45, 2.75) is 31.4 Å². The number of aryl methyl sites for hydroxylation is 1. The number of rotatable bonds is 4. The number of aliphatic carboxylic acids is 1. The maximum absolute atomic E-state index is 13.3. The Labute approximate surface area is 154 Å². The molecule has 2 aromatic rings. The SMILES string of the molecule is Cn1nc(C2CCN(C[C@@H]3C[C@H]3C(=O)O)CC2)c2cccc(C(F)(F)F)c21. The van der Waals surface area contributed by atoms with Crippen molar-refractivity contribution in [3.05, 3.63) is 29.5 Å².